The van der Waals surface area contributed by atoms with Crippen LogP contribution in [0, 0.1) is 5.82 Å². The highest BCUT2D eigenvalue weighted by Crippen LogP contribution is 2.14. The molecule has 1 heterocycles. The number of halogens is 1. The van der Waals surface area contributed by atoms with Gasteiger partial charge in [0.25, 0.3) is 5.91 Å². The number of nitrogens with one attached hydrogen (secondary N) is 1. The predicted molar refractivity (Wildman–Crippen MR) is 73.4 cm³/mol. The van der Waals surface area contributed by atoms with E-state index in [4.69, 9.17) is 5.73 Å². The van der Waals surface area contributed by atoms with Crippen molar-refractivity contribution >= 4 is 11.6 Å². The van der Waals surface area contributed by atoms with Crippen LogP contribution in [0.15, 0.2) is 18.2 Å². The van der Waals surface area contributed by atoms with E-state index in [-0.39, 0.29) is 11.5 Å². The first-order valence-electron chi connectivity index (χ1n) is 6.65. The lowest BCUT2D eigenvalue weighted by molar-refractivity contribution is 0.0941. The number of nitrogens with zero attached hydrogens (tertiary/aromatic N) is 1. The summed E-state index contributed by atoms with van der Waals surface area (Å²) in [6.45, 7) is 4.80. The van der Waals surface area contributed by atoms with Gasteiger partial charge in [0.15, 0.2) is 0 Å². The molecule has 0 radical (unpaired) electrons. The van der Waals surface area contributed by atoms with E-state index in [9.17, 15) is 9.18 Å². The fourth-order valence-corrected chi connectivity index (χ4v) is 2.37. The third-order valence-corrected chi connectivity index (χ3v) is 3.58. The number of nitrogens with two attached hydrogens (primary N) is 1. The van der Waals surface area contributed by atoms with Gasteiger partial charge in [-0.25, -0.2) is 4.39 Å². The van der Waals surface area contributed by atoms with Crippen molar-refractivity contribution in [3.05, 3.63) is 29.6 Å². The lowest BCUT2D eigenvalue weighted by Gasteiger charge is -2.23. The fraction of sp³-hybridized carbons (Fsp3) is 0.500. The van der Waals surface area contributed by atoms with Gasteiger partial charge < -0.3 is 11.1 Å². The smallest absolute Gasteiger partial charge is 0.253 e. The molecule has 1 aliphatic rings. The van der Waals surface area contributed by atoms with Gasteiger partial charge in [-0.05, 0) is 51.1 Å². The third-order valence-electron chi connectivity index (χ3n) is 3.58. The molecule has 1 fully saturated rings. The van der Waals surface area contributed by atoms with Crippen LogP contribution in [0.2, 0.25) is 0 Å². The molecular formula is C14H20FN3O. The number of hydrogen-bond acceptors (Lipinski definition) is 3. The van der Waals surface area contributed by atoms with E-state index in [0.717, 1.165) is 13.1 Å². The van der Waals surface area contributed by atoms with Crippen LogP contribution in [0.4, 0.5) is 10.1 Å². The van der Waals surface area contributed by atoms with Crippen molar-refractivity contribution < 1.29 is 9.18 Å². The molecule has 0 aliphatic carbocycles. The molecule has 0 aromatic heterocycles. The van der Waals surface area contributed by atoms with E-state index < -0.39 is 5.82 Å². The van der Waals surface area contributed by atoms with Crippen LogP contribution in [-0.4, -0.2) is 36.5 Å². The van der Waals surface area contributed by atoms with Crippen molar-refractivity contribution in [3.8, 4) is 0 Å². The summed E-state index contributed by atoms with van der Waals surface area (Å²) in [5.74, 6) is -0.769. The average molecular weight is 265 g/mol. The quantitative estimate of drug-likeness (QED) is 0.813. The standard InChI is InChI=1S/C14H20FN3O/c1-10(18-6-2-3-7-18)9-17-14(19)12-8-11(15)4-5-13(12)16/h4-5,8,10H,2-3,6-7,9,16H2,1H3,(H,17,19). The molecule has 0 bridgehead atoms. The first-order chi connectivity index (χ1) is 9.08. The molecule has 5 heteroatoms. The molecule has 104 valence electrons. The maximum atomic E-state index is 13.1. The Kier molecular flexibility index (Phi) is 4.37. The molecule has 1 aliphatic heterocycles. The van der Waals surface area contributed by atoms with Crippen LogP contribution < -0.4 is 11.1 Å². The summed E-state index contributed by atoms with van der Waals surface area (Å²) in [6.07, 6.45) is 2.43. The topological polar surface area (TPSA) is 58.4 Å². The molecule has 1 atom stereocenters. The Bertz CT molecular complexity index is 458. The fourth-order valence-electron chi connectivity index (χ4n) is 2.37. The van der Waals surface area contributed by atoms with Gasteiger partial charge >= 0.3 is 0 Å². The molecule has 2 rings (SSSR count). The molecule has 1 unspecified atom stereocenters. The zero-order chi connectivity index (χ0) is 13.8. The summed E-state index contributed by atoms with van der Waals surface area (Å²) in [6, 6.07) is 4.12. The van der Waals surface area contributed by atoms with Gasteiger partial charge in [-0.2, -0.15) is 0 Å². The van der Waals surface area contributed by atoms with Crippen LogP contribution in [0.5, 0.6) is 0 Å². The lowest BCUT2D eigenvalue weighted by Crippen LogP contribution is -2.40. The van der Waals surface area contributed by atoms with E-state index in [1.54, 1.807) is 0 Å². The van der Waals surface area contributed by atoms with Crippen molar-refractivity contribution in [1.82, 2.24) is 10.2 Å². The average Bonchev–Trinajstić information content (AvgIpc) is 2.92. The molecule has 0 spiro atoms. The third kappa shape index (κ3) is 3.44. The van der Waals surface area contributed by atoms with Crippen molar-refractivity contribution in [2.45, 2.75) is 25.8 Å². The zero-order valence-corrected chi connectivity index (χ0v) is 11.2. The molecule has 1 amide bonds. The number of anilines is 1. The van der Waals surface area contributed by atoms with Crippen molar-refractivity contribution in [1.29, 1.82) is 0 Å². The van der Waals surface area contributed by atoms with Gasteiger partial charge in [-0.3, -0.25) is 9.69 Å². The minimum absolute atomic E-state index is 0.202. The number of hydrogen-bond donors (Lipinski definition) is 2. The summed E-state index contributed by atoms with van der Waals surface area (Å²) in [7, 11) is 0. The Labute approximate surface area is 112 Å². The normalized spacial score (nSPS) is 17.4. The minimum Gasteiger partial charge on any atom is -0.398 e. The minimum atomic E-state index is -0.452. The van der Waals surface area contributed by atoms with E-state index in [2.05, 4.69) is 17.1 Å². The number of benzene rings is 1. The van der Waals surface area contributed by atoms with E-state index in [1.165, 1.54) is 31.0 Å². The van der Waals surface area contributed by atoms with Crippen molar-refractivity contribution in [3.63, 3.8) is 0 Å². The van der Waals surface area contributed by atoms with Crippen LogP contribution >= 0.6 is 0 Å². The second kappa shape index (κ2) is 6.02. The summed E-state index contributed by atoms with van der Waals surface area (Å²) in [4.78, 5) is 14.3. The van der Waals surface area contributed by atoms with Gasteiger partial charge in [0.05, 0.1) is 5.56 Å². The molecule has 1 saturated heterocycles. The van der Waals surface area contributed by atoms with Gasteiger partial charge in [0, 0.05) is 18.3 Å². The zero-order valence-electron chi connectivity index (χ0n) is 11.2. The van der Waals surface area contributed by atoms with Crippen LogP contribution in [0.1, 0.15) is 30.1 Å². The highest BCUT2D eigenvalue weighted by Gasteiger charge is 2.19. The molecule has 0 saturated carbocycles. The monoisotopic (exact) mass is 265 g/mol. The number of nitrogen functional groups attached to an aromatic ring is 1. The Morgan fingerprint density at radius 3 is 2.84 bits per heavy atom. The molecule has 1 aromatic rings. The van der Waals surface area contributed by atoms with Crippen LogP contribution in [-0.2, 0) is 0 Å². The summed E-state index contributed by atoms with van der Waals surface area (Å²) in [5.41, 5.74) is 6.18. The summed E-state index contributed by atoms with van der Waals surface area (Å²) < 4.78 is 13.1. The second-order valence-electron chi connectivity index (χ2n) is 5.03. The Morgan fingerprint density at radius 2 is 2.16 bits per heavy atom. The van der Waals surface area contributed by atoms with Crippen molar-refractivity contribution in [2.24, 2.45) is 0 Å². The highest BCUT2D eigenvalue weighted by atomic mass is 19.1. The maximum Gasteiger partial charge on any atom is 0.253 e. The first kappa shape index (κ1) is 13.8. The molecule has 19 heavy (non-hydrogen) atoms. The molecule has 3 N–H and O–H groups in total. The number of likely N-dealkylation sites (tertiary alicyclic amines) is 1. The number of carbonyl (C=O) groups is 1. The Hall–Kier alpha value is -1.62. The van der Waals surface area contributed by atoms with E-state index in [1.807, 2.05) is 0 Å². The predicted octanol–water partition coefficient (Wildman–Crippen LogP) is 1.62. The Balaban J connectivity index is 1.91. The van der Waals surface area contributed by atoms with Crippen LogP contribution in [0.25, 0.3) is 0 Å². The Morgan fingerprint density at radius 1 is 1.47 bits per heavy atom. The van der Waals surface area contributed by atoms with Gasteiger partial charge in [0.2, 0.25) is 0 Å². The molecule has 4 nitrogen and oxygen atoms in total. The number of amides is 1. The largest absolute Gasteiger partial charge is 0.398 e. The van der Waals surface area contributed by atoms with Gasteiger partial charge in [0.1, 0.15) is 5.82 Å². The van der Waals surface area contributed by atoms with Crippen LogP contribution in [0.3, 0.4) is 0 Å². The second-order valence-corrected chi connectivity index (χ2v) is 5.03. The SMILES string of the molecule is CC(CNC(=O)c1cc(F)ccc1N)N1CCCC1. The van der Waals surface area contributed by atoms with E-state index in [0.29, 0.717) is 18.3 Å². The first-order valence-corrected chi connectivity index (χ1v) is 6.65. The summed E-state index contributed by atoms with van der Waals surface area (Å²) in [5, 5.41) is 2.82. The van der Waals surface area contributed by atoms with Gasteiger partial charge in [-0.15, -0.1) is 0 Å². The molecule has 1 aromatic carbocycles. The summed E-state index contributed by atoms with van der Waals surface area (Å²) >= 11 is 0. The van der Waals surface area contributed by atoms with Gasteiger partial charge in [-0.1, -0.05) is 0 Å². The molecular weight excluding hydrogens is 245 g/mol. The lowest BCUT2D eigenvalue weighted by atomic mass is 10.1. The number of rotatable bonds is 4. The number of carbonyl (C=O) groups excluding carboxylic acids is 1. The van der Waals surface area contributed by atoms with Crippen molar-refractivity contribution in [2.75, 3.05) is 25.4 Å². The maximum absolute atomic E-state index is 13.1. The van der Waals surface area contributed by atoms with E-state index >= 15 is 0 Å². The highest BCUT2D eigenvalue weighted by molar-refractivity contribution is 5.99.